The molecule has 61 heavy (non-hydrogen) atoms. The van der Waals surface area contributed by atoms with Crippen LogP contribution >= 0.6 is 0 Å². The van der Waals surface area contributed by atoms with Gasteiger partial charge in [-0.3, -0.25) is 0 Å². The molecule has 0 saturated carbocycles. The fourth-order valence-corrected chi connectivity index (χ4v) is 12.5. The van der Waals surface area contributed by atoms with Crippen molar-refractivity contribution in [1.82, 2.24) is 0 Å². The summed E-state index contributed by atoms with van der Waals surface area (Å²) in [5, 5.41) is 18.9. The molecular formula is C61H50. The van der Waals surface area contributed by atoms with Crippen LogP contribution in [-0.4, -0.2) is 0 Å². The van der Waals surface area contributed by atoms with Crippen LogP contribution in [0, 0.1) is 11.8 Å². The summed E-state index contributed by atoms with van der Waals surface area (Å²) >= 11 is 0. The maximum Gasteiger partial charge on any atom is -0.000719 e. The number of rotatable bonds is 4. The third-order valence-corrected chi connectivity index (χ3v) is 14.5. The largest absolute Gasteiger partial charge is 0.0807 e. The molecule has 0 aliphatic heterocycles. The molecule has 0 heterocycles. The van der Waals surface area contributed by atoms with Gasteiger partial charge in [0, 0.05) is 0 Å². The Morgan fingerprint density at radius 1 is 0.525 bits per heavy atom. The van der Waals surface area contributed by atoms with Crippen molar-refractivity contribution in [1.29, 1.82) is 0 Å². The smallest absolute Gasteiger partial charge is 0.000719 e. The van der Waals surface area contributed by atoms with Crippen molar-refractivity contribution >= 4 is 92.1 Å². The molecule has 0 amide bonds. The summed E-state index contributed by atoms with van der Waals surface area (Å²) in [6.45, 7) is 14.0. The summed E-state index contributed by atoms with van der Waals surface area (Å²) in [4.78, 5) is 0. The Morgan fingerprint density at radius 3 is 2.05 bits per heavy atom. The number of benzene rings is 7. The van der Waals surface area contributed by atoms with Crippen LogP contribution in [-0.2, 0) is 0 Å². The van der Waals surface area contributed by atoms with E-state index in [9.17, 15) is 0 Å². The first-order chi connectivity index (χ1) is 29.8. The molecule has 2 unspecified atom stereocenters. The van der Waals surface area contributed by atoms with Crippen LogP contribution in [0.1, 0.15) is 77.5 Å². The van der Waals surface area contributed by atoms with E-state index in [4.69, 9.17) is 0 Å². The van der Waals surface area contributed by atoms with Gasteiger partial charge >= 0.3 is 0 Å². The summed E-state index contributed by atoms with van der Waals surface area (Å²) in [6.07, 6.45) is 19.5. The molecule has 12 rings (SSSR count). The molecule has 2 atom stereocenters. The van der Waals surface area contributed by atoms with Gasteiger partial charge in [-0.15, -0.1) is 0 Å². The summed E-state index contributed by atoms with van der Waals surface area (Å²) in [5.41, 5.74) is 16.6. The fourth-order valence-electron chi connectivity index (χ4n) is 12.5. The van der Waals surface area contributed by atoms with E-state index < -0.39 is 0 Å². The molecule has 3 aliphatic carbocycles. The van der Waals surface area contributed by atoms with Gasteiger partial charge in [-0.05, 0) is 202 Å². The summed E-state index contributed by atoms with van der Waals surface area (Å²) < 4.78 is 0. The van der Waals surface area contributed by atoms with Crippen molar-refractivity contribution < 1.29 is 0 Å². The molecule has 0 nitrogen and oxygen atoms in total. The average molecular weight is 783 g/mol. The van der Waals surface area contributed by atoms with Crippen LogP contribution < -0.4 is 0 Å². The minimum Gasteiger partial charge on any atom is -0.0807 e. The predicted molar refractivity (Wildman–Crippen MR) is 268 cm³/mol. The normalized spacial score (nSPS) is 18.8. The molecular weight excluding hydrogens is 733 g/mol. The lowest BCUT2D eigenvalue weighted by molar-refractivity contribution is 0.704. The van der Waals surface area contributed by atoms with Gasteiger partial charge in [-0.25, -0.2) is 0 Å². The third kappa shape index (κ3) is 5.24. The van der Waals surface area contributed by atoms with E-state index in [0.29, 0.717) is 11.8 Å². The summed E-state index contributed by atoms with van der Waals surface area (Å²) in [7, 11) is 0. The molecule has 0 heteroatoms. The Bertz CT molecular complexity index is 3590. The monoisotopic (exact) mass is 782 g/mol. The number of allylic oxidation sites excluding steroid dienone is 14. The van der Waals surface area contributed by atoms with E-state index in [-0.39, 0.29) is 0 Å². The Morgan fingerprint density at radius 2 is 1.25 bits per heavy atom. The first-order valence-corrected chi connectivity index (χ1v) is 22.4. The van der Waals surface area contributed by atoms with Gasteiger partial charge in [0.1, 0.15) is 0 Å². The predicted octanol–water partition coefficient (Wildman–Crippen LogP) is 17.7. The molecule has 3 aliphatic rings. The van der Waals surface area contributed by atoms with Crippen LogP contribution in [0.4, 0.5) is 0 Å². The van der Waals surface area contributed by atoms with Crippen molar-refractivity contribution in [2.45, 2.75) is 60.8 Å². The molecule has 294 valence electrons. The van der Waals surface area contributed by atoms with Crippen LogP contribution in [0.2, 0.25) is 0 Å². The molecule has 0 radical (unpaired) electrons. The average Bonchev–Trinajstić information content (AvgIpc) is 3.58. The van der Waals surface area contributed by atoms with Gasteiger partial charge in [-0.1, -0.05) is 159 Å². The molecule has 0 spiro atoms. The Kier molecular flexibility index (Phi) is 8.05. The van der Waals surface area contributed by atoms with Gasteiger partial charge in [0.2, 0.25) is 0 Å². The van der Waals surface area contributed by atoms with Crippen molar-refractivity contribution in [3.05, 3.63) is 185 Å². The lowest BCUT2D eigenvalue weighted by Crippen LogP contribution is -2.06. The highest BCUT2D eigenvalue weighted by Gasteiger charge is 2.29. The van der Waals surface area contributed by atoms with E-state index in [1.807, 2.05) is 0 Å². The maximum atomic E-state index is 2.58. The highest BCUT2D eigenvalue weighted by atomic mass is 14.3. The minimum atomic E-state index is 0.495. The highest BCUT2D eigenvalue weighted by Crippen LogP contribution is 2.55. The molecule has 0 fully saturated rings. The van der Waals surface area contributed by atoms with E-state index in [0.717, 1.165) is 19.3 Å². The number of hydrogen-bond donors (Lipinski definition) is 0. The minimum absolute atomic E-state index is 0.495. The van der Waals surface area contributed by atoms with Crippen LogP contribution in [0.3, 0.4) is 0 Å². The second-order valence-corrected chi connectivity index (χ2v) is 18.7. The first-order valence-electron chi connectivity index (χ1n) is 22.4. The molecule has 0 saturated heterocycles. The third-order valence-electron chi connectivity index (χ3n) is 14.5. The van der Waals surface area contributed by atoms with Gasteiger partial charge in [0.05, 0.1) is 0 Å². The van der Waals surface area contributed by atoms with E-state index in [1.165, 1.54) is 142 Å². The SMILES string of the molecule is CC1=CC(C)=C(c2ccc3c(c2)c2cccc4c5c(-c6ccccc6)c6c7cccc8c(C9=C(C)CC(C)C=C9C)ccc(c6c(C6=CCC=CC=C6)c5cc3c24)c87)C(C)C1. The van der Waals surface area contributed by atoms with Crippen molar-refractivity contribution in [3.63, 3.8) is 0 Å². The lowest BCUT2D eigenvalue weighted by atomic mass is 9.81. The number of fused-ring (bicyclic) bond motifs is 8. The van der Waals surface area contributed by atoms with Crippen LogP contribution in [0.5, 0.6) is 0 Å². The van der Waals surface area contributed by atoms with Gasteiger partial charge in [0.25, 0.3) is 0 Å². The zero-order chi connectivity index (χ0) is 41.3. The topological polar surface area (TPSA) is 0 Å². The first kappa shape index (κ1) is 36.4. The second kappa shape index (κ2) is 13.5. The summed E-state index contributed by atoms with van der Waals surface area (Å²) in [6, 6.07) is 40.3. The van der Waals surface area contributed by atoms with Crippen LogP contribution in [0.25, 0.3) is 103 Å². The zero-order valence-electron chi connectivity index (χ0n) is 36.1. The van der Waals surface area contributed by atoms with Gasteiger partial charge in [-0.2, -0.15) is 0 Å². The fraction of sp³-hybridized carbons (Fsp3) is 0.180. The van der Waals surface area contributed by atoms with Crippen LogP contribution in [0.15, 0.2) is 168 Å². The van der Waals surface area contributed by atoms with E-state index >= 15 is 0 Å². The lowest BCUT2D eigenvalue weighted by Gasteiger charge is -2.24. The van der Waals surface area contributed by atoms with Gasteiger partial charge < -0.3 is 0 Å². The number of hydrogen-bond acceptors (Lipinski definition) is 0. The second-order valence-electron chi connectivity index (χ2n) is 18.7. The Labute approximate surface area is 358 Å². The van der Waals surface area contributed by atoms with Gasteiger partial charge in [0.15, 0.2) is 0 Å². The standard InChI is InChI=1S/C61H50/c1-34-28-36(3)53(37(4)29-34)42-24-25-43-50(32-42)45-21-15-22-47-58(45)51(43)33-52-55(40-16-10-7-8-11-17-40)60-49-27-26-46(54-38(5)30-35(2)31-39(54)6)44-20-14-23-48(57(44)49)61(60)56(59(47)52)41-18-12-9-13-19-41/h7-10,12-28,30,32-33,35,37H,11,29,31H2,1-6H3. The zero-order valence-corrected chi connectivity index (χ0v) is 36.1. The molecule has 9 aromatic rings. The molecule has 0 bridgehead atoms. The Hall–Kier alpha value is -6.50. The van der Waals surface area contributed by atoms with E-state index in [1.54, 1.807) is 0 Å². The van der Waals surface area contributed by atoms with Crippen molar-refractivity contribution in [2.75, 3.05) is 0 Å². The molecule has 0 N–H and O–H groups in total. The molecule has 0 aromatic heterocycles. The summed E-state index contributed by atoms with van der Waals surface area (Å²) in [5.74, 6) is 1.06. The van der Waals surface area contributed by atoms with Crippen molar-refractivity contribution in [3.8, 4) is 11.1 Å². The van der Waals surface area contributed by atoms with Crippen molar-refractivity contribution in [2.24, 2.45) is 11.8 Å². The maximum absolute atomic E-state index is 2.58. The van der Waals surface area contributed by atoms with E-state index in [2.05, 4.69) is 187 Å². The quantitative estimate of drug-likeness (QED) is 0.156. The molecule has 9 aromatic carbocycles. The Balaban J connectivity index is 1.28. The highest BCUT2D eigenvalue weighted by molar-refractivity contribution is 6.44.